The fraction of sp³-hybridized carbons (Fsp3) is 0.409. The van der Waals surface area contributed by atoms with E-state index in [0.29, 0.717) is 44.0 Å². The Morgan fingerprint density at radius 1 is 1.10 bits per heavy atom. The minimum absolute atomic E-state index is 0.0580. The number of carbonyl (C=O) groups excluding carboxylic acids is 2. The van der Waals surface area contributed by atoms with E-state index in [1.54, 1.807) is 12.0 Å². The molecule has 4 heterocycles. The highest BCUT2D eigenvalue weighted by molar-refractivity contribution is 5.98. The normalized spacial score (nSPS) is 17.4. The van der Waals surface area contributed by atoms with E-state index in [-0.39, 0.29) is 17.9 Å². The molecule has 0 spiro atoms. The molecule has 8 heteroatoms. The van der Waals surface area contributed by atoms with Crippen molar-refractivity contribution < 1.29 is 14.3 Å². The number of nitrogens with zero attached hydrogens (tertiary/aromatic N) is 3. The average molecular weight is 407 g/mol. The lowest BCUT2D eigenvalue weighted by Crippen LogP contribution is -2.42. The fourth-order valence-electron chi connectivity index (χ4n) is 4.45. The third kappa shape index (κ3) is 3.27. The molecule has 2 aromatic heterocycles. The first kappa shape index (κ1) is 18.9. The Morgan fingerprint density at radius 3 is 2.67 bits per heavy atom. The zero-order valence-corrected chi connectivity index (χ0v) is 17.0. The number of benzene rings is 1. The highest BCUT2D eigenvalue weighted by Gasteiger charge is 2.32. The lowest BCUT2D eigenvalue weighted by molar-refractivity contribution is 0.0346. The Bertz CT molecular complexity index is 1060. The molecule has 1 saturated heterocycles. The molecular formula is C22H25N5O3. The molecule has 0 saturated carbocycles. The predicted octanol–water partition coefficient (Wildman–Crippen LogP) is 2.34. The summed E-state index contributed by atoms with van der Waals surface area (Å²) in [6, 6.07) is 9.72. The van der Waals surface area contributed by atoms with E-state index < -0.39 is 0 Å². The van der Waals surface area contributed by atoms with Crippen LogP contribution < -0.4 is 0 Å². The van der Waals surface area contributed by atoms with E-state index in [9.17, 15) is 9.59 Å². The van der Waals surface area contributed by atoms with Gasteiger partial charge in [0.15, 0.2) is 5.69 Å². The standard InChI is InChI=1S/C22H25N5O3/c1-30-15-6-9-26(10-7-15)22(29)20-16-13-27(11-8-18(16)24-25-20)21(28)19-12-14-4-2-3-5-17(14)23-19/h2-5,12,15,23H,6-11,13H2,1H3,(H,24,25). The number of para-hydroxylation sites is 1. The van der Waals surface area contributed by atoms with Crippen LogP contribution in [0.1, 0.15) is 45.1 Å². The number of H-pyrrole nitrogens is 2. The maximum absolute atomic E-state index is 13.1. The zero-order chi connectivity index (χ0) is 20.7. The van der Waals surface area contributed by atoms with Crippen LogP contribution in [0.5, 0.6) is 0 Å². The number of ether oxygens (including phenoxy) is 1. The number of hydrogen-bond acceptors (Lipinski definition) is 4. The monoisotopic (exact) mass is 407 g/mol. The van der Waals surface area contributed by atoms with Gasteiger partial charge < -0.3 is 19.5 Å². The Hall–Kier alpha value is -3.13. The molecule has 0 aliphatic carbocycles. The van der Waals surface area contributed by atoms with Crippen LogP contribution in [-0.4, -0.2) is 69.6 Å². The first-order valence-corrected chi connectivity index (χ1v) is 10.4. The molecule has 0 radical (unpaired) electrons. The second kappa shape index (κ2) is 7.60. The number of hydrogen-bond donors (Lipinski definition) is 2. The van der Waals surface area contributed by atoms with Crippen LogP contribution in [-0.2, 0) is 17.7 Å². The van der Waals surface area contributed by atoms with E-state index in [4.69, 9.17) is 4.74 Å². The number of amides is 2. The van der Waals surface area contributed by atoms with Gasteiger partial charge in [0.1, 0.15) is 5.69 Å². The first-order chi connectivity index (χ1) is 14.6. The number of aromatic nitrogens is 3. The van der Waals surface area contributed by atoms with Gasteiger partial charge in [0.2, 0.25) is 0 Å². The van der Waals surface area contributed by atoms with E-state index in [0.717, 1.165) is 35.0 Å². The summed E-state index contributed by atoms with van der Waals surface area (Å²) >= 11 is 0. The van der Waals surface area contributed by atoms with Gasteiger partial charge in [-0.3, -0.25) is 14.7 Å². The van der Waals surface area contributed by atoms with Gasteiger partial charge in [0, 0.05) is 55.3 Å². The van der Waals surface area contributed by atoms with Crippen LogP contribution in [0, 0.1) is 0 Å². The number of rotatable bonds is 3. The molecular weight excluding hydrogens is 382 g/mol. The summed E-state index contributed by atoms with van der Waals surface area (Å²) in [5.74, 6) is -0.126. The van der Waals surface area contributed by atoms with Gasteiger partial charge in [0.25, 0.3) is 11.8 Å². The third-order valence-electron chi connectivity index (χ3n) is 6.25. The highest BCUT2D eigenvalue weighted by Crippen LogP contribution is 2.25. The summed E-state index contributed by atoms with van der Waals surface area (Å²) in [6.07, 6.45) is 2.54. The Balaban J connectivity index is 1.34. The molecule has 8 nitrogen and oxygen atoms in total. The van der Waals surface area contributed by atoms with Crippen LogP contribution in [0.15, 0.2) is 30.3 Å². The molecule has 5 rings (SSSR count). The van der Waals surface area contributed by atoms with Crippen LogP contribution >= 0.6 is 0 Å². The molecule has 1 aromatic carbocycles. The highest BCUT2D eigenvalue weighted by atomic mass is 16.5. The Morgan fingerprint density at radius 2 is 1.90 bits per heavy atom. The lowest BCUT2D eigenvalue weighted by Gasteiger charge is -2.31. The van der Waals surface area contributed by atoms with Crippen molar-refractivity contribution in [3.05, 3.63) is 53.0 Å². The number of fused-ring (bicyclic) bond motifs is 2. The topological polar surface area (TPSA) is 94.3 Å². The van der Waals surface area contributed by atoms with Crippen LogP contribution in [0.2, 0.25) is 0 Å². The molecule has 1 fully saturated rings. The van der Waals surface area contributed by atoms with Gasteiger partial charge >= 0.3 is 0 Å². The molecule has 30 heavy (non-hydrogen) atoms. The molecule has 0 bridgehead atoms. The molecule has 2 aliphatic rings. The van der Waals surface area contributed by atoms with Gasteiger partial charge in [-0.05, 0) is 25.0 Å². The van der Waals surface area contributed by atoms with Crippen molar-refractivity contribution in [2.24, 2.45) is 0 Å². The maximum Gasteiger partial charge on any atom is 0.274 e. The van der Waals surface area contributed by atoms with Crippen molar-refractivity contribution in [3.63, 3.8) is 0 Å². The van der Waals surface area contributed by atoms with Crippen LogP contribution in [0.25, 0.3) is 10.9 Å². The van der Waals surface area contributed by atoms with Crippen molar-refractivity contribution in [3.8, 4) is 0 Å². The third-order valence-corrected chi connectivity index (χ3v) is 6.25. The summed E-state index contributed by atoms with van der Waals surface area (Å²) in [4.78, 5) is 33.0. The number of nitrogens with one attached hydrogen (secondary N) is 2. The SMILES string of the molecule is COC1CCN(C(=O)c2n[nH]c3c2CN(C(=O)c2cc4ccccc4[nH]2)CC3)CC1. The molecule has 3 aromatic rings. The number of piperidine rings is 1. The number of aromatic amines is 2. The second-order valence-electron chi connectivity index (χ2n) is 8.00. The minimum atomic E-state index is -0.0676. The Labute approximate surface area is 174 Å². The van der Waals surface area contributed by atoms with Crippen molar-refractivity contribution in [2.45, 2.75) is 31.9 Å². The summed E-state index contributed by atoms with van der Waals surface area (Å²) in [6.45, 7) is 2.30. The van der Waals surface area contributed by atoms with E-state index in [2.05, 4.69) is 15.2 Å². The van der Waals surface area contributed by atoms with Crippen molar-refractivity contribution in [2.75, 3.05) is 26.7 Å². The summed E-state index contributed by atoms with van der Waals surface area (Å²) in [5.41, 5.74) is 3.74. The van der Waals surface area contributed by atoms with Crippen molar-refractivity contribution in [1.82, 2.24) is 25.0 Å². The molecule has 2 aliphatic heterocycles. The Kier molecular flexibility index (Phi) is 4.78. The largest absolute Gasteiger partial charge is 0.381 e. The van der Waals surface area contributed by atoms with Crippen molar-refractivity contribution >= 4 is 22.7 Å². The van der Waals surface area contributed by atoms with Gasteiger partial charge in [-0.2, -0.15) is 5.10 Å². The number of carbonyl (C=O) groups is 2. The lowest BCUT2D eigenvalue weighted by atomic mass is 10.0. The van der Waals surface area contributed by atoms with E-state index in [1.165, 1.54) is 0 Å². The van der Waals surface area contributed by atoms with Gasteiger partial charge in [0.05, 0.1) is 12.6 Å². The van der Waals surface area contributed by atoms with Crippen molar-refractivity contribution in [1.29, 1.82) is 0 Å². The van der Waals surface area contributed by atoms with E-state index >= 15 is 0 Å². The molecule has 2 N–H and O–H groups in total. The smallest absolute Gasteiger partial charge is 0.274 e. The molecule has 0 unspecified atom stereocenters. The van der Waals surface area contributed by atoms with Gasteiger partial charge in [-0.25, -0.2) is 0 Å². The number of methoxy groups -OCH3 is 1. The molecule has 0 atom stereocenters. The number of likely N-dealkylation sites (tertiary alicyclic amines) is 1. The van der Waals surface area contributed by atoms with Gasteiger partial charge in [-0.1, -0.05) is 18.2 Å². The van der Waals surface area contributed by atoms with Gasteiger partial charge in [-0.15, -0.1) is 0 Å². The minimum Gasteiger partial charge on any atom is -0.381 e. The summed E-state index contributed by atoms with van der Waals surface area (Å²) in [7, 11) is 1.71. The second-order valence-corrected chi connectivity index (χ2v) is 8.00. The van der Waals surface area contributed by atoms with Crippen LogP contribution in [0.4, 0.5) is 0 Å². The average Bonchev–Trinajstić information content (AvgIpc) is 3.42. The fourth-order valence-corrected chi connectivity index (χ4v) is 4.45. The summed E-state index contributed by atoms with van der Waals surface area (Å²) < 4.78 is 5.40. The quantitative estimate of drug-likeness (QED) is 0.697. The van der Waals surface area contributed by atoms with E-state index in [1.807, 2.05) is 35.2 Å². The zero-order valence-electron chi connectivity index (χ0n) is 17.0. The van der Waals surface area contributed by atoms with Crippen LogP contribution in [0.3, 0.4) is 0 Å². The molecule has 2 amide bonds. The first-order valence-electron chi connectivity index (χ1n) is 10.4. The molecule has 156 valence electrons. The predicted molar refractivity (Wildman–Crippen MR) is 111 cm³/mol. The maximum atomic E-state index is 13.1. The summed E-state index contributed by atoms with van der Waals surface area (Å²) in [5, 5.41) is 8.35.